The van der Waals surface area contributed by atoms with Crippen LogP contribution in [0.1, 0.15) is 22.3 Å². The Morgan fingerprint density at radius 1 is 1.30 bits per heavy atom. The highest BCUT2D eigenvalue weighted by molar-refractivity contribution is 5.94. The first-order valence-electron chi connectivity index (χ1n) is 6.45. The lowest BCUT2D eigenvalue weighted by atomic mass is 10.1. The van der Waals surface area contributed by atoms with Gasteiger partial charge < -0.3 is 15.4 Å². The number of carbonyl (C=O) groups is 1. The van der Waals surface area contributed by atoms with Crippen LogP contribution in [0.4, 0.5) is 8.78 Å². The van der Waals surface area contributed by atoms with Crippen LogP contribution in [0.25, 0.3) is 0 Å². The molecule has 4 nitrogen and oxygen atoms in total. The topological polar surface area (TPSA) is 55.6 Å². The first-order chi connectivity index (χ1) is 9.51. The Kier molecular flexibility index (Phi) is 6.54. The van der Waals surface area contributed by atoms with Crippen molar-refractivity contribution in [2.24, 2.45) is 5.73 Å². The Morgan fingerprint density at radius 2 is 2.00 bits per heavy atom. The maximum Gasteiger partial charge on any atom is 0.256 e. The maximum absolute atomic E-state index is 13.7. The lowest BCUT2D eigenvalue weighted by Crippen LogP contribution is -2.36. The van der Waals surface area contributed by atoms with Crippen molar-refractivity contribution in [3.8, 4) is 0 Å². The number of nitrogens with two attached hydrogens (primary N) is 1. The van der Waals surface area contributed by atoms with Crippen molar-refractivity contribution in [2.45, 2.75) is 13.3 Å². The van der Waals surface area contributed by atoms with E-state index in [1.54, 1.807) is 0 Å². The second-order valence-corrected chi connectivity index (χ2v) is 4.51. The van der Waals surface area contributed by atoms with E-state index in [4.69, 9.17) is 10.5 Å². The molecule has 0 unspecified atom stereocenters. The van der Waals surface area contributed by atoms with Gasteiger partial charge in [0.15, 0.2) is 0 Å². The standard InChI is InChI=1S/C14H20F2N2O2/c1-10-8-11(13(16)9-12(10)15)14(19)18(5-3-4-17)6-7-20-2/h8-9H,3-7,17H2,1-2H3. The van der Waals surface area contributed by atoms with Crippen molar-refractivity contribution in [1.29, 1.82) is 0 Å². The van der Waals surface area contributed by atoms with Gasteiger partial charge in [0.2, 0.25) is 0 Å². The van der Waals surface area contributed by atoms with Crippen molar-refractivity contribution < 1.29 is 18.3 Å². The summed E-state index contributed by atoms with van der Waals surface area (Å²) in [7, 11) is 1.52. The van der Waals surface area contributed by atoms with Crippen LogP contribution in [0.2, 0.25) is 0 Å². The molecule has 0 fully saturated rings. The van der Waals surface area contributed by atoms with Crippen LogP contribution in [0.3, 0.4) is 0 Å². The fraction of sp³-hybridized carbons (Fsp3) is 0.500. The number of amides is 1. The summed E-state index contributed by atoms with van der Waals surface area (Å²) in [5, 5.41) is 0. The third-order valence-electron chi connectivity index (χ3n) is 2.96. The average Bonchev–Trinajstić information content (AvgIpc) is 2.42. The predicted molar refractivity (Wildman–Crippen MR) is 72.5 cm³/mol. The monoisotopic (exact) mass is 286 g/mol. The number of halogens is 2. The molecule has 2 N–H and O–H groups in total. The van der Waals surface area contributed by atoms with Crippen molar-refractivity contribution in [2.75, 3.05) is 33.4 Å². The van der Waals surface area contributed by atoms with Crippen LogP contribution in [0, 0.1) is 18.6 Å². The number of hydrogen-bond acceptors (Lipinski definition) is 3. The molecule has 0 radical (unpaired) electrons. The fourth-order valence-electron chi connectivity index (χ4n) is 1.79. The normalized spacial score (nSPS) is 10.7. The Hall–Kier alpha value is -1.53. The molecule has 1 aromatic carbocycles. The molecule has 0 spiro atoms. The minimum atomic E-state index is -0.853. The summed E-state index contributed by atoms with van der Waals surface area (Å²) in [5.41, 5.74) is 5.53. The minimum Gasteiger partial charge on any atom is -0.383 e. The maximum atomic E-state index is 13.7. The van der Waals surface area contributed by atoms with Crippen molar-refractivity contribution in [3.05, 3.63) is 34.9 Å². The van der Waals surface area contributed by atoms with Gasteiger partial charge in [0.05, 0.1) is 12.2 Å². The predicted octanol–water partition coefficient (Wildman–Crippen LogP) is 1.71. The number of aryl methyl sites for hydroxylation is 1. The molecule has 1 amide bonds. The van der Waals surface area contributed by atoms with Crippen LogP contribution in [-0.4, -0.2) is 44.2 Å². The lowest BCUT2D eigenvalue weighted by Gasteiger charge is -2.22. The van der Waals surface area contributed by atoms with Crippen molar-refractivity contribution in [1.82, 2.24) is 4.90 Å². The van der Waals surface area contributed by atoms with Crippen LogP contribution >= 0.6 is 0 Å². The van der Waals surface area contributed by atoms with E-state index in [1.807, 2.05) is 0 Å². The molecule has 0 aromatic heterocycles. The molecule has 0 aliphatic heterocycles. The van der Waals surface area contributed by atoms with E-state index in [9.17, 15) is 13.6 Å². The highest BCUT2D eigenvalue weighted by Gasteiger charge is 2.20. The number of rotatable bonds is 7. The van der Waals surface area contributed by atoms with Gasteiger partial charge in [0.1, 0.15) is 11.6 Å². The van der Waals surface area contributed by atoms with Crippen LogP contribution in [0.5, 0.6) is 0 Å². The fourth-order valence-corrected chi connectivity index (χ4v) is 1.79. The third kappa shape index (κ3) is 4.25. The van der Waals surface area contributed by atoms with Crippen LogP contribution < -0.4 is 5.73 Å². The van der Waals surface area contributed by atoms with Crippen LogP contribution in [0.15, 0.2) is 12.1 Å². The van der Waals surface area contributed by atoms with Gasteiger partial charge in [-0.3, -0.25) is 4.79 Å². The lowest BCUT2D eigenvalue weighted by molar-refractivity contribution is 0.0690. The number of carbonyl (C=O) groups excluding carboxylic acids is 1. The summed E-state index contributed by atoms with van der Waals surface area (Å²) in [6.07, 6.45) is 0.608. The number of nitrogens with zero attached hydrogens (tertiary/aromatic N) is 1. The second kappa shape index (κ2) is 7.91. The number of ether oxygens (including phenoxy) is 1. The van der Waals surface area contributed by atoms with Gasteiger partial charge in [0.25, 0.3) is 5.91 Å². The summed E-state index contributed by atoms with van der Waals surface area (Å²) in [6, 6.07) is 1.97. The molecule has 0 saturated heterocycles. The Morgan fingerprint density at radius 3 is 2.60 bits per heavy atom. The highest BCUT2D eigenvalue weighted by Crippen LogP contribution is 2.16. The minimum absolute atomic E-state index is 0.128. The van der Waals surface area contributed by atoms with E-state index in [2.05, 4.69) is 0 Å². The summed E-state index contributed by atoms with van der Waals surface area (Å²) in [5.74, 6) is -1.99. The van der Waals surface area contributed by atoms with E-state index >= 15 is 0 Å². The molecule has 112 valence electrons. The van der Waals surface area contributed by atoms with Gasteiger partial charge in [-0.15, -0.1) is 0 Å². The molecule has 6 heteroatoms. The largest absolute Gasteiger partial charge is 0.383 e. The smallest absolute Gasteiger partial charge is 0.256 e. The number of benzene rings is 1. The van der Waals surface area contributed by atoms with Crippen molar-refractivity contribution in [3.63, 3.8) is 0 Å². The van der Waals surface area contributed by atoms with Crippen molar-refractivity contribution >= 4 is 5.91 Å². The third-order valence-corrected chi connectivity index (χ3v) is 2.96. The summed E-state index contributed by atoms with van der Waals surface area (Å²) in [6.45, 7) is 3.02. The molecule has 1 aromatic rings. The Bertz CT molecular complexity index is 459. The van der Waals surface area contributed by atoms with Gasteiger partial charge in [-0.25, -0.2) is 8.78 Å². The summed E-state index contributed by atoms with van der Waals surface area (Å²) < 4.78 is 31.9. The molecular weight excluding hydrogens is 266 g/mol. The molecule has 0 atom stereocenters. The quantitative estimate of drug-likeness (QED) is 0.830. The summed E-state index contributed by atoms with van der Waals surface area (Å²) in [4.78, 5) is 13.8. The van der Waals surface area contributed by atoms with E-state index in [0.29, 0.717) is 32.7 Å². The van der Waals surface area contributed by atoms with E-state index in [1.165, 1.54) is 25.0 Å². The number of methoxy groups -OCH3 is 1. The molecule has 0 aliphatic rings. The summed E-state index contributed by atoms with van der Waals surface area (Å²) >= 11 is 0. The van der Waals surface area contributed by atoms with E-state index in [-0.39, 0.29) is 11.1 Å². The molecule has 0 saturated carbocycles. The Balaban J connectivity index is 2.95. The Labute approximate surface area is 117 Å². The number of hydrogen-bond donors (Lipinski definition) is 1. The van der Waals surface area contributed by atoms with E-state index in [0.717, 1.165) is 6.07 Å². The molecule has 0 aliphatic carbocycles. The van der Waals surface area contributed by atoms with E-state index < -0.39 is 17.5 Å². The molecular formula is C14H20F2N2O2. The van der Waals surface area contributed by atoms with Gasteiger partial charge >= 0.3 is 0 Å². The molecule has 20 heavy (non-hydrogen) atoms. The zero-order valence-electron chi connectivity index (χ0n) is 11.8. The zero-order valence-corrected chi connectivity index (χ0v) is 11.8. The van der Waals surface area contributed by atoms with Gasteiger partial charge in [-0.1, -0.05) is 0 Å². The van der Waals surface area contributed by atoms with Gasteiger partial charge in [-0.05, 0) is 31.5 Å². The SMILES string of the molecule is COCCN(CCCN)C(=O)c1cc(C)c(F)cc1F. The average molecular weight is 286 g/mol. The van der Waals surface area contributed by atoms with Gasteiger partial charge in [-0.2, -0.15) is 0 Å². The first kappa shape index (κ1) is 16.5. The first-order valence-corrected chi connectivity index (χ1v) is 6.45. The highest BCUT2D eigenvalue weighted by atomic mass is 19.1. The van der Waals surface area contributed by atoms with Crippen LogP contribution in [-0.2, 0) is 4.74 Å². The molecule has 1 rings (SSSR count). The zero-order chi connectivity index (χ0) is 15.1. The molecule has 0 heterocycles. The van der Waals surface area contributed by atoms with Gasteiger partial charge in [0, 0.05) is 26.3 Å². The molecule has 0 bridgehead atoms. The second-order valence-electron chi connectivity index (χ2n) is 4.51.